The predicted molar refractivity (Wildman–Crippen MR) is 150 cm³/mol. The van der Waals surface area contributed by atoms with Gasteiger partial charge in [0.2, 0.25) is 0 Å². The Morgan fingerprint density at radius 1 is 0.541 bits per heavy atom. The van der Waals surface area contributed by atoms with E-state index in [-0.39, 0.29) is 5.43 Å². The van der Waals surface area contributed by atoms with Gasteiger partial charge in [-0.05, 0) is 42.5 Å². The van der Waals surface area contributed by atoms with Crippen molar-refractivity contribution < 1.29 is 4.74 Å². The van der Waals surface area contributed by atoms with Crippen molar-refractivity contribution >= 4 is 43.6 Å². The van der Waals surface area contributed by atoms with Crippen LogP contribution in [0.2, 0.25) is 0 Å². The Hall–Kier alpha value is -4.67. The molecule has 0 spiro atoms. The first-order valence-electron chi connectivity index (χ1n) is 12.6. The molecule has 0 atom stereocenters. The van der Waals surface area contributed by atoms with Crippen LogP contribution in [0.3, 0.4) is 0 Å². The van der Waals surface area contributed by atoms with Crippen LogP contribution >= 0.6 is 0 Å². The number of hydrogen-bond acceptors (Lipinski definition) is 2. The molecule has 4 heteroatoms. The van der Waals surface area contributed by atoms with Gasteiger partial charge >= 0.3 is 0 Å². The standard InChI is InChI=1S/C33H22N2O2/c36-33-25-13-5-7-16-29(25)35-30-18-17-24-23-12-4-6-15-28(23)34(22-10-2-1-3-11-22)32(24)27(30)20-37-19-21-9-8-14-26(33)31(21)35/h1-18H,19-20H2. The summed E-state index contributed by atoms with van der Waals surface area (Å²) in [4.78, 5) is 13.6. The number of hydrogen-bond donors (Lipinski definition) is 0. The smallest absolute Gasteiger partial charge is 0.197 e. The maximum Gasteiger partial charge on any atom is 0.197 e. The van der Waals surface area contributed by atoms with Crippen molar-refractivity contribution in [2.24, 2.45) is 0 Å². The highest BCUT2D eigenvalue weighted by Crippen LogP contribution is 2.39. The maximum atomic E-state index is 13.6. The van der Waals surface area contributed by atoms with E-state index in [9.17, 15) is 4.79 Å². The molecule has 0 unspecified atom stereocenters. The number of para-hydroxylation sites is 4. The normalized spacial score (nSPS) is 13.2. The van der Waals surface area contributed by atoms with E-state index in [1.165, 1.54) is 10.8 Å². The zero-order chi connectivity index (χ0) is 24.5. The van der Waals surface area contributed by atoms with E-state index < -0.39 is 0 Å². The van der Waals surface area contributed by atoms with Gasteiger partial charge in [-0.25, -0.2) is 0 Å². The van der Waals surface area contributed by atoms with Gasteiger partial charge in [-0.2, -0.15) is 0 Å². The molecule has 0 bridgehead atoms. The summed E-state index contributed by atoms with van der Waals surface area (Å²) in [5.41, 5.74) is 8.49. The maximum absolute atomic E-state index is 13.6. The average Bonchev–Trinajstić information content (AvgIpc) is 3.28. The highest BCUT2D eigenvalue weighted by atomic mass is 16.5. The van der Waals surface area contributed by atoms with E-state index in [0.29, 0.717) is 13.2 Å². The molecule has 176 valence electrons. The quantitative estimate of drug-likeness (QED) is 0.233. The summed E-state index contributed by atoms with van der Waals surface area (Å²) in [6, 6.07) is 37.4. The third-order valence-corrected chi connectivity index (χ3v) is 7.65. The van der Waals surface area contributed by atoms with E-state index >= 15 is 0 Å². The van der Waals surface area contributed by atoms with E-state index in [2.05, 4.69) is 81.9 Å². The summed E-state index contributed by atoms with van der Waals surface area (Å²) in [7, 11) is 0. The molecule has 0 N–H and O–H groups in total. The Morgan fingerprint density at radius 2 is 1.24 bits per heavy atom. The molecule has 0 aliphatic carbocycles. The third kappa shape index (κ3) is 2.79. The van der Waals surface area contributed by atoms with E-state index in [1.807, 2.05) is 36.4 Å². The van der Waals surface area contributed by atoms with Gasteiger partial charge in [0, 0.05) is 38.4 Å². The number of ether oxygens (including phenoxy) is 1. The molecule has 37 heavy (non-hydrogen) atoms. The predicted octanol–water partition coefficient (Wildman–Crippen LogP) is 7.27. The molecule has 2 aromatic heterocycles. The summed E-state index contributed by atoms with van der Waals surface area (Å²) in [6.45, 7) is 0.905. The number of fused-ring (bicyclic) bond motifs is 8. The number of aromatic nitrogens is 2. The van der Waals surface area contributed by atoms with Gasteiger partial charge in [0.05, 0.1) is 41.0 Å². The van der Waals surface area contributed by atoms with Gasteiger partial charge in [0.1, 0.15) is 0 Å². The first-order chi connectivity index (χ1) is 18.3. The molecule has 0 radical (unpaired) electrons. The van der Waals surface area contributed by atoms with Gasteiger partial charge in [-0.3, -0.25) is 4.79 Å². The van der Waals surface area contributed by atoms with Crippen molar-refractivity contribution in [3.8, 4) is 11.4 Å². The van der Waals surface area contributed by atoms with Crippen LogP contribution in [0, 0.1) is 0 Å². The molecule has 7 aromatic rings. The molecule has 4 nitrogen and oxygen atoms in total. The molecule has 3 heterocycles. The van der Waals surface area contributed by atoms with Crippen LogP contribution in [0.1, 0.15) is 11.1 Å². The molecular formula is C33H22N2O2. The first kappa shape index (κ1) is 20.5. The SMILES string of the molecule is O=c1c2ccccc2n2c3c(cccc13)COCc1c-2ccc2c3ccccc3n(-c3ccccc3)c12. The lowest BCUT2D eigenvalue weighted by Gasteiger charge is -2.24. The van der Waals surface area contributed by atoms with Crippen LogP contribution in [0.4, 0.5) is 0 Å². The van der Waals surface area contributed by atoms with E-state index in [4.69, 9.17) is 4.74 Å². The highest BCUT2D eigenvalue weighted by Gasteiger charge is 2.24. The molecule has 1 aliphatic rings. The van der Waals surface area contributed by atoms with Crippen molar-refractivity contribution in [3.05, 3.63) is 131 Å². The minimum Gasteiger partial charge on any atom is -0.372 e. The molecule has 5 aromatic carbocycles. The van der Waals surface area contributed by atoms with Crippen LogP contribution in [0.25, 0.3) is 55.0 Å². The van der Waals surface area contributed by atoms with Gasteiger partial charge in [0.25, 0.3) is 0 Å². The fourth-order valence-electron chi connectivity index (χ4n) is 6.11. The minimum atomic E-state index is 0.0605. The Labute approximate surface area is 212 Å². The monoisotopic (exact) mass is 478 g/mol. The summed E-state index contributed by atoms with van der Waals surface area (Å²) in [6.07, 6.45) is 0. The second kappa shape index (κ2) is 7.66. The van der Waals surface area contributed by atoms with Crippen LogP contribution in [0.15, 0.2) is 114 Å². The molecule has 8 rings (SSSR count). The zero-order valence-electron chi connectivity index (χ0n) is 20.0. The Morgan fingerprint density at radius 3 is 2.08 bits per heavy atom. The van der Waals surface area contributed by atoms with E-state index in [1.54, 1.807) is 0 Å². The number of nitrogens with zero attached hydrogens (tertiary/aromatic N) is 2. The van der Waals surface area contributed by atoms with Crippen LogP contribution in [0.5, 0.6) is 0 Å². The van der Waals surface area contributed by atoms with Crippen molar-refractivity contribution in [3.63, 3.8) is 0 Å². The molecule has 0 saturated carbocycles. The van der Waals surface area contributed by atoms with Gasteiger partial charge in [0.15, 0.2) is 5.43 Å². The molecule has 0 fully saturated rings. The molecule has 0 saturated heterocycles. The van der Waals surface area contributed by atoms with Gasteiger partial charge < -0.3 is 13.9 Å². The van der Waals surface area contributed by atoms with Crippen molar-refractivity contribution in [2.45, 2.75) is 13.2 Å². The fourth-order valence-corrected chi connectivity index (χ4v) is 6.11. The second-order valence-electron chi connectivity index (χ2n) is 9.64. The lowest BCUT2D eigenvalue weighted by molar-refractivity contribution is 0.107. The minimum absolute atomic E-state index is 0.0605. The van der Waals surface area contributed by atoms with Crippen molar-refractivity contribution in [2.75, 3.05) is 0 Å². The van der Waals surface area contributed by atoms with Gasteiger partial charge in [-0.1, -0.05) is 66.7 Å². The fraction of sp³-hybridized carbons (Fsp3) is 0.0606. The largest absolute Gasteiger partial charge is 0.372 e. The number of benzene rings is 5. The second-order valence-corrected chi connectivity index (χ2v) is 9.64. The Balaban J connectivity index is 1.62. The molecule has 1 aliphatic heterocycles. The Bertz CT molecular complexity index is 2080. The van der Waals surface area contributed by atoms with Crippen molar-refractivity contribution in [1.82, 2.24) is 9.13 Å². The molecule has 0 amide bonds. The van der Waals surface area contributed by atoms with Crippen LogP contribution < -0.4 is 5.43 Å². The molecular weight excluding hydrogens is 456 g/mol. The third-order valence-electron chi connectivity index (χ3n) is 7.65. The summed E-state index contributed by atoms with van der Waals surface area (Å²) < 4.78 is 11.0. The average molecular weight is 479 g/mol. The lowest BCUT2D eigenvalue weighted by atomic mass is 10.0. The number of rotatable bonds is 1. The summed E-state index contributed by atoms with van der Waals surface area (Å²) in [5, 5.41) is 3.85. The number of pyridine rings is 1. The Kier molecular flexibility index (Phi) is 4.25. The van der Waals surface area contributed by atoms with Gasteiger partial charge in [-0.15, -0.1) is 0 Å². The first-order valence-corrected chi connectivity index (χ1v) is 12.6. The zero-order valence-corrected chi connectivity index (χ0v) is 20.0. The highest BCUT2D eigenvalue weighted by molar-refractivity contribution is 6.11. The van der Waals surface area contributed by atoms with Crippen LogP contribution in [-0.4, -0.2) is 9.13 Å². The van der Waals surface area contributed by atoms with Crippen molar-refractivity contribution in [1.29, 1.82) is 0 Å². The van der Waals surface area contributed by atoms with E-state index in [0.717, 1.165) is 55.3 Å². The summed E-state index contributed by atoms with van der Waals surface area (Å²) in [5.74, 6) is 0. The van der Waals surface area contributed by atoms with Crippen LogP contribution in [-0.2, 0) is 18.0 Å². The topological polar surface area (TPSA) is 36.2 Å². The summed E-state index contributed by atoms with van der Waals surface area (Å²) >= 11 is 0. The lowest BCUT2D eigenvalue weighted by Crippen LogP contribution is -2.16.